The van der Waals surface area contributed by atoms with Crippen molar-refractivity contribution in [3.8, 4) is 0 Å². The number of hydrogen-bond acceptors (Lipinski definition) is 0. The van der Waals surface area contributed by atoms with Gasteiger partial charge in [-0.25, -0.2) is 0 Å². The van der Waals surface area contributed by atoms with E-state index in [0.717, 1.165) is 0 Å². The highest BCUT2D eigenvalue weighted by Crippen LogP contribution is 1.15. The van der Waals surface area contributed by atoms with Crippen LogP contribution in [0.5, 0.6) is 0 Å². The lowest BCUT2D eigenvalue weighted by molar-refractivity contribution is 1.50. The second-order valence-corrected chi connectivity index (χ2v) is 0. The summed E-state index contributed by atoms with van der Waals surface area (Å²) >= 11 is 0. The van der Waals surface area contributed by atoms with Crippen molar-refractivity contribution in [2.75, 3.05) is 0 Å². The molecule has 0 saturated carbocycles. The van der Waals surface area contributed by atoms with E-state index in [-0.39, 0.29) is 89.1 Å². The summed E-state index contributed by atoms with van der Waals surface area (Å²) in [6.07, 6.45) is 0. The third-order valence-electron chi connectivity index (χ3n) is 0. The topological polar surface area (TPSA) is 0 Å². The Morgan fingerprint density at radius 1 is 0.150 bits per heavy atom. The van der Waals surface area contributed by atoms with E-state index in [1.54, 1.807) is 0 Å². The standard InChI is InChI=1S/4C2H6.12CH4/c4*1-2;;;;;;;;;;;;/h4*1-2H3;12*1H4. The Labute approximate surface area is 145 Å². The maximum absolute atomic E-state index is 2.00. The van der Waals surface area contributed by atoms with Crippen molar-refractivity contribution in [1.29, 1.82) is 0 Å². The van der Waals surface area contributed by atoms with Gasteiger partial charge in [0.1, 0.15) is 0 Å². The molecule has 20 heavy (non-hydrogen) atoms. The molecule has 152 valence electrons. The van der Waals surface area contributed by atoms with Crippen molar-refractivity contribution in [3.63, 3.8) is 0 Å². The second-order valence-electron chi connectivity index (χ2n) is 0. The van der Waals surface area contributed by atoms with E-state index in [4.69, 9.17) is 0 Å². The molecule has 0 amide bonds. The Morgan fingerprint density at radius 3 is 0.150 bits per heavy atom. The average Bonchev–Trinajstić information content (AvgIpc) is 2.03. The maximum atomic E-state index is 2.00. The Kier molecular flexibility index (Phi) is 0. The van der Waals surface area contributed by atoms with Gasteiger partial charge in [0.2, 0.25) is 0 Å². The molecule has 0 aromatic heterocycles. The minimum atomic E-state index is 0. The summed E-state index contributed by atoms with van der Waals surface area (Å²) in [4.78, 5) is 0. The van der Waals surface area contributed by atoms with E-state index >= 15 is 0 Å². The van der Waals surface area contributed by atoms with E-state index in [1.807, 2.05) is 55.4 Å². The largest absolute Gasteiger partial charge is 0.0776 e. The third-order valence-corrected chi connectivity index (χ3v) is 0. The third kappa shape index (κ3) is 0. The molecule has 0 heterocycles. The van der Waals surface area contributed by atoms with Gasteiger partial charge >= 0.3 is 0 Å². The summed E-state index contributed by atoms with van der Waals surface area (Å²) in [6.45, 7) is 16.0. The predicted molar refractivity (Wildman–Crippen MR) is 126 cm³/mol. The van der Waals surface area contributed by atoms with Gasteiger partial charge in [0.25, 0.3) is 0 Å². The highest BCUT2D eigenvalue weighted by Gasteiger charge is 0.938. The zero-order valence-corrected chi connectivity index (χ0v) is 8.00. The average molecular weight is 313 g/mol. The first-order valence-corrected chi connectivity index (χ1v) is 4.00. The van der Waals surface area contributed by atoms with E-state index in [9.17, 15) is 0 Å². The van der Waals surface area contributed by atoms with Crippen LogP contribution in [0.2, 0.25) is 0 Å². The minimum Gasteiger partial charge on any atom is -0.0776 e. The first-order valence-electron chi connectivity index (χ1n) is 4.00. The molecule has 0 aromatic rings. The summed E-state index contributed by atoms with van der Waals surface area (Å²) in [6, 6.07) is 0. The minimum absolute atomic E-state index is 0. The van der Waals surface area contributed by atoms with Crippen molar-refractivity contribution >= 4 is 0 Å². The zero-order chi connectivity index (χ0) is 8.00. The SMILES string of the molecule is C.C.C.C.C.C.C.C.C.C.C.C.CC.CC.CC.CC. The van der Waals surface area contributed by atoms with Gasteiger partial charge in [0.05, 0.1) is 0 Å². The van der Waals surface area contributed by atoms with Gasteiger partial charge in [-0.3, -0.25) is 0 Å². The van der Waals surface area contributed by atoms with Crippen LogP contribution in [-0.4, -0.2) is 0 Å². The molecule has 0 heteroatoms. The highest BCUT2D eigenvalue weighted by molar-refractivity contribution is 3.51. The van der Waals surface area contributed by atoms with Crippen molar-refractivity contribution in [2.45, 2.75) is 145 Å². The molecule has 0 atom stereocenters. The fourth-order valence-electron chi connectivity index (χ4n) is 0. The molecule has 0 radical (unpaired) electrons. The van der Waals surface area contributed by atoms with Crippen molar-refractivity contribution in [3.05, 3.63) is 0 Å². The fourth-order valence-corrected chi connectivity index (χ4v) is 0. The molecular weight excluding hydrogens is 240 g/mol. The molecule has 0 saturated heterocycles. The molecule has 0 N–H and O–H groups in total. The lowest BCUT2D eigenvalue weighted by Gasteiger charge is -1.07. The molecule has 0 aliphatic carbocycles. The van der Waals surface area contributed by atoms with E-state index in [1.165, 1.54) is 0 Å². The maximum Gasteiger partial charge on any atom is -0.0683 e. The van der Waals surface area contributed by atoms with Crippen LogP contribution in [0.1, 0.15) is 145 Å². The normalized spacial score (nSPS) is 1.20. The Hall–Kier alpha value is 0. The molecule has 0 fully saturated rings. The highest BCUT2D eigenvalue weighted by atomic mass is 13.0. The second kappa shape index (κ2) is 0. The van der Waals surface area contributed by atoms with Gasteiger partial charge < -0.3 is 0 Å². The molecule has 0 rings (SSSR count). The van der Waals surface area contributed by atoms with Gasteiger partial charge in [-0.2, -0.15) is 0 Å². The first kappa shape index (κ1) is 451. The van der Waals surface area contributed by atoms with Crippen molar-refractivity contribution in [2.24, 2.45) is 0 Å². The van der Waals surface area contributed by atoms with Crippen molar-refractivity contribution < 1.29 is 0 Å². The van der Waals surface area contributed by atoms with E-state index < -0.39 is 0 Å². The lowest BCUT2D eigenvalue weighted by atomic mass is 11.0. The Morgan fingerprint density at radius 2 is 0.150 bits per heavy atom. The quantitative estimate of drug-likeness (QED) is 0.417. The summed E-state index contributed by atoms with van der Waals surface area (Å²) < 4.78 is 0. The van der Waals surface area contributed by atoms with E-state index in [0.29, 0.717) is 0 Å². The van der Waals surface area contributed by atoms with Gasteiger partial charge in [-0.1, -0.05) is 145 Å². The number of hydrogen-bond donors (Lipinski definition) is 0. The van der Waals surface area contributed by atoms with Gasteiger partial charge in [-0.05, 0) is 0 Å². The summed E-state index contributed by atoms with van der Waals surface area (Å²) in [7, 11) is 0. The van der Waals surface area contributed by atoms with Crippen LogP contribution in [-0.2, 0) is 0 Å². The molecule has 0 bridgehead atoms. The van der Waals surface area contributed by atoms with Crippen LogP contribution in [0.3, 0.4) is 0 Å². The van der Waals surface area contributed by atoms with Crippen LogP contribution in [0, 0.1) is 0 Å². The van der Waals surface area contributed by atoms with Gasteiger partial charge in [-0.15, -0.1) is 0 Å². The lowest BCUT2D eigenvalue weighted by Crippen LogP contribution is -0.856. The number of rotatable bonds is 0. The van der Waals surface area contributed by atoms with Crippen LogP contribution >= 0.6 is 0 Å². The van der Waals surface area contributed by atoms with Crippen LogP contribution < -0.4 is 0 Å². The Bertz CT molecular complexity index is 0. The monoisotopic (exact) mass is 313 g/mol. The molecule has 0 unspecified atom stereocenters. The molecule has 0 spiro atoms. The molecule has 0 aliphatic heterocycles. The van der Waals surface area contributed by atoms with Crippen LogP contribution in [0.4, 0.5) is 0 Å². The molecule has 0 aliphatic rings. The van der Waals surface area contributed by atoms with Gasteiger partial charge in [0.15, 0.2) is 0 Å². The zero-order valence-electron chi connectivity index (χ0n) is 8.00. The van der Waals surface area contributed by atoms with Gasteiger partial charge in [0, 0.05) is 0 Å². The first-order chi connectivity index (χ1) is 4.00. The van der Waals surface area contributed by atoms with Crippen LogP contribution in [0.15, 0.2) is 0 Å². The van der Waals surface area contributed by atoms with Crippen LogP contribution in [0.25, 0.3) is 0 Å². The summed E-state index contributed by atoms with van der Waals surface area (Å²) in [5.41, 5.74) is 0. The van der Waals surface area contributed by atoms with Crippen molar-refractivity contribution in [1.82, 2.24) is 0 Å². The molecule has 0 aromatic carbocycles. The molecule has 0 nitrogen and oxygen atoms in total. The smallest absolute Gasteiger partial charge is 0.0683 e. The fraction of sp³-hybridized carbons (Fsp3) is 1.00. The summed E-state index contributed by atoms with van der Waals surface area (Å²) in [5, 5.41) is 0. The summed E-state index contributed by atoms with van der Waals surface area (Å²) in [5.74, 6) is 0. The Balaban J connectivity index is -0.000000000635. The predicted octanol–water partition coefficient (Wildman–Crippen LogP) is 11.7. The van der Waals surface area contributed by atoms with E-state index in [2.05, 4.69) is 0 Å². The molecular formula is C20H72.